The zero-order chi connectivity index (χ0) is 13.8. The molecule has 0 spiro atoms. The molecule has 1 unspecified atom stereocenters. The van der Waals surface area contributed by atoms with Crippen molar-refractivity contribution in [1.29, 1.82) is 0 Å². The van der Waals surface area contributed by atoms with Gasteiger partial charge in [-0.1, -0.05) is 0 Å². The Labute approximate surface area is 116 Å². The quantitative estimate of drug-likeness (QED) is 0.831. The van der Waals surface area contributed by atoms with Crippen molar-refractivity contribution in [2.24, 2.45) is 0 Å². The fraction of sp³-hybridized carbons (Fsp3) is 0.538. The molecule has 1 aliphatic rings. The number of aromatic nitrogens is 1. The molecule has 104 valence electrons. The Hall–Kier alpha value is -1.43. The maximum atomic E-state index is 12.1. The van der Waals surface area contributed by atoms with Gasteiger partial charge in [-0.3, -0.25) is 4.79 Å². The molecule has 0 aliphatic carbocycles. The number of esters is 1. The molecule has 2 N–H and O–H groups in total. The number of hydrogen-bond acceptors (Lipinski definition) is 4. The minimum atomic E-state index is -0.407. The van der Waals surface area contributed by atoms with Gasteiger partial charge in [0.05, 0.1) is 17.5 Å². The van der Waals surface area contributed by atoms with Gasteiger partial charge in [0.25, 0.3) is 0 Å². The van der Waals surface area contributed by atoms with Gasteiger partial charge in [0.1, 0.15) is 5.56 Å². The summed E-state index contributed by atoms with van der Waals surface area (Å²) in [5.74, 6) is 0.581. The van der Waals surface area contributed by atoms with Crippen molar-refractivity contribution in [2.45, 2.75) is 31.9 Å². The summed E-state index contributed by atoms with van der Waals surface area (Å²) in [6.07, 6.45) is 3.60. The first kappa shape index (κ1) is 14.0. The maximum absolute atomic E-state index is 12.1. The van der Waals surface area contributed by atoms with E-state index in [9.17, 15) is 9.59 Å². The molecule has 1 saturated heterocycles. The number of amides is 1. The summed E-state index contributed by atoms with van der Waals surface area (Å²) in [6, 6.07) is 0. The average Bonchev–Trinajstić information content (AvgIpc) is 2.99. The van der Waals surface area contributed by atoms with Crippen molar-refractivity contribution in [3.05, 3.63) is 17.5 Å². The lowest BCUT2D eigenvalue weighted by atomic mass is 10.2. The summed E-state index contributed by atoms with van der Waals surface area (Å²) in [7, 11) is 0. The summed E-state index contributed by atoms with van der Waals surface area (Å²) in [6.45, 7) is 3.86. The number of carbonyl (C=O) groups excluding carboxylic acids is 2. The van der Waals surface area contributed by atoms with Crippen LogP contribution in [0.1, 0.15) is 35.8 Å². The van der Waals surface area contributed by atoms with E-state index in [1.54, 1.807) is 31.8 Å². The number of H-pyrrole nitrogens is 1. The molecule has 0 radical (unpaired) electrons. The van der Waals surface area contributed by atoms with Gasteiger partial charge < -0.3 is 15.0 Å². The molecule has 2 heterocycles. The number of ether oxygens (including phenoxy) is 1. The molecule has 1 fully saturated rings. The van der Waals surface area contributed by atoms with Crippen LogP contribution < -0.4 is 5.32 Å². The molecule has 1 amide bonds. The van der Waals surface area contributed by atoms with E-state index in [4.69, 9.17) is 4.74 Å². The van der Waals surface area contributed by atoms with Gasteiger partial charge in [-0.25, -0.2) is 4.79 Å². The van der Waals surface area contributed by atoms with Crippen molar-refractivity contribution in [3.63, 3.8) is 0 Å². The molecule has 0 saturated carbocycles. The smallest absolute Gasteiger partial charge is 0.342 e. The van der Waals surface area contributed by atoms with E-state index >= 15 is 0 Å². The van der Waals surface area contributed by atoms with Crippen LogP contribution in [0.15, 0.2) is 6.20 Å². The highest BCUT2D eigenvalue weighted by molar-refractivity contribution is 8.00. The third kappa shape index (κ3) is 3.12. The van der Waals surface area contributed by atoms with Gasteiger partial charge in [0, 0.05) is 11.9 Å². The summed E-state index contributed by atoms with van der Waals surface area (Å²) in [4.78, 5) is 26.9. The SMILES string of the molecule is CCOC(=O)c1c(NC(=O)C2CCCS2)c[nH]c1C. The molecular formula is C13H18N2O3S. The van der Waals surface area contributed by atoms with Gasteiger partial charge in [0.2, 0.25) is 5.91 Å². The Morgan fingerprint density at radius 3 is 3.00 bits per heavy atom. The molecule has 0 aromatic carbocycles. The fourth-order valence-corrected chi connectivity index (χ4v) is 3.25. The van der Waals surface area contributed by atoms with Crippen molar-refractivity contribution in [3.8, 4) is 0 Å². The van der Waals surface area contributed by atoms with E-state index in [-0.39, 0.29) is 11.2 Å². The lowest BCUT2D eigenvalue weighted by Crippen LogP contribution is -2.24. The number of hydrogen-bond donors (Lipinski definition) is 2. The van der Waals surface area contributed by atoms with Gasteiger partial charge in [-0.2, -0.15) is 0 Å². The van der Waals surface area contributed by atoms with Crippen molar-refractivity contribution in [1.82, 2.24) is 4.98 Å². The molecule has 2 rings (SSSR count). The molecule has 1 atom stereocenters. The monoisotopic (exact) mass is 282 g/mol. The fourth-order valence-electron chi connectivity index (χ4n) is 2.09. The first-order valence-electron chi connectivity index (χ1n) is 6.41. The van der Waals surface area contributed by atoms with Crippen LogP contribution in [-0.2, 0) is 9.53 Å². The number of aryl methyl sites for hydroxylation is 1. The van der Waals surface area contributed by atoms with Gasteiger partial charge >= 0.3 is 5.97 Å². The second-order valence-electron chi connectivity index (χ2n) is 4.41. The van der Waals surface area contributed by atoms with Crippen LogP contribution in [-0.4, -0.2) is 34.5 Å². The number of anilines is 1. The van der Waals surface area contributed by atoms with E-state index in [1.807, 2.05) is 0 Å². The minimum Gasteiger partial charge on any atom is -0.462 e. The highest BCUT2D eigenvalue weighted by atomic mass is 32.2. The normalized spacial score (nSPS) is 18.3. The second kappa shape index (κ2) is 6.14. The maximum Gasteiger partial charge on any atom is 0.342 e. The molecule has 1 aromatic heterocycles. The predicted octanol–water partition coefficient (Wildman–Crippen LogP) is 2.33. The number of nitrogens with one attached hydrogen (secondary N) is 2. The molecule has 19 heavy (non-hydrogen) atoms. The van der Waals surface area contributed by atoms with E-state index in [0.717, 1.165) is 18.6 Å². The van der Waals surface area contributed by atoms with Crippen LogP contribution in [0.4, 0.5) is 5.69 Å². The number of carbonyl (C=O) groups is 2. The largest absolute Gasteiger partial charge is 0.462 e. The Balaban J connectivity index is 2.11. The van der Waals surface area contributed by atoms with E-state index in [1.165, 1.54) is 0 Å². The molecule has 1 aromatic rings. The molecule has 1 aliphatic heterocycles. The summed E-state index contributed by atoms with van der Waals surface area (Å²) < 4.78 is 5.00. The summed E-state index contributed by atoms with van der Waals surface area (Å²) in [5.41, 5.74) is 1.62. The molecule has 6 heteroatoms. The first-order chi connectivity index (χ1) is 9.13. The van der Waals surface area contributed by atoms with Crippen molar-refractivity contribution >= 4 is 29.3 Å². The topological polar surface area (TPSA) is 71.2 Å². The van der Waals surface area contributed by atoms with Crippen LogP contribution >= 0.6 is 11.8 Å². The summed E-state index contributed by atoms with van der Waals surface area (Å²) in [5, 5.41) is 2.81. The predicted molar refractivity (Wildman–Crippen MR) is 75.6 cm³/mol. The Bertz CT molecular complexity index is 478. The third-order valence-corrected chi connectivity index (χ3v) is 4.41. The lowest BCUT2D eigenvalue weighted by molar-refractivity contribution is -0.115. The van der Waals surface area contributed by atoms with Gasteiger partial charge in [0.15, 0.2) is 0 Å². The van der Waals surface area contributed by atoms with Crippen LogP contribution in [0.25, 0.3) is 0 Å². The van der Waals surface area contributed by atoms with Gasteiger partial charge in [-0.05, 0) is 32.4 Å². The molecule has 5 nitrogen and oxygen atoms in total. The lowest BCUT2D eigenvalue weighted by Gasteiger charge is -2.10. The Morgan fingerprint density at radius 1 is 1.58 bits per heavy atom. The summed E-state index contributed by atoms with van der Waals surface area (Å²) >= 11 is 1.66. The minimum absolute atomic E-state index is 0.00903. The Morgan fingerprint density at radius 2 is 2.37 bits per heavy atom. The molecular weight excluding hydrogens is 264 g/mol. The van der Waals surface area contributed by atoms with Crippen LogP contribution in [0, 0.1) is 6.92 Å². The van der Waals surface area contributed by atoms with E-state index < -0.39 is 5.97 Å². The average molecular weight is 282 g/mol. The van der Waals surface area contributed by atoms with Crippen molar-refractivity contribution in [2.75, 3.05) is 17.7 Å². The molecule has 0 bridgehead atoms. The van der Waals surface area contributed by atoms with Crippen LogP contribution in [0.3, 0.4) is 0 Å². The van der Waals surface area contributed by atoms with Crippen LogP contribution in [0.5, 0.6) is 0 Å². The van der Waals surface area contributed by atoms with E-state index in [2.05, 4.69) is 10.3 Å². The zero-order valence-corrected chi connectivity index (χ0v) is 11.9. The van der Waals surface area contributed by atoms with Crippen LogP contribution in [0.2, 0.25) is 0 Å². The Kier molecular flexibility index (Phi) is 4.52. The van der Waals surface area contributed by atoms with E-state index in [0.29, 0.717) is 23.6 Å². The zero-order valence-electron chi connectivity index (χ0n) is 11.1. The van der Waals surface area contributed by atoms with Gasteiger partial charge in [-0.15, -0.1) is 11.8 Å². The number of aromatic amines is 1. The second-order valence-corrected chi connectivity index (χ2v) is 5.72. The van der Waals surface area contributed by atoms with Crippen molar-refractivity contribution < 1.29 is 14.3 Å². The standard InChI is InChI=1S/C13H18N2O3S/c1-3-18-13(17)11-8(2)14-7-9(11)15-12(16)10-5-4-6-19-10/h7,10,14H,3-6H2,1-2H3,(H,15,16). The number of rotatable bonds is 4. The highest BCUT2D eigenvalue weighted by Crippen LogP contribution is 2.28. The highest BCUT2D eigenvalue weighted by Gasteiger charge is 2.26. The third-order valence-electron chi connectivity index (χ3n) is 3.04. The number of thioether (sulfide) groups is 1. The first-order valence-corrected chi connectivity index (χ1v) is 7.46.